The predicted molar refractivity (Wildman–Crippen MR) is 83.8 cm³/mol. The Labute approximate surface area is 127 Å². The molecule has 2 aromatic carbocycles. The minimum absolute atomic E-state index is 0.0831. The number of para-hydroxylation sites is 1. The maximum absolute atomic E-state index is 11.7. The summed E-state index contributed by atoms with van der Waals surface area (Å²) >= 11 is 0. The summed E-state index contributed by atoms with van der Waals surface area (Å²) in [6.07, 6.45) is 0.647. The first-order valence-electron chi connectivity index (χ1n) is 6.82. The molecule has 0 N–H and O–H groups in total. The molecule has 0 aliphatic carbocycles. The molecule has 0 amide bonds. The van der Waals surface area contributed by atoms with Gasteiger partial charge in [0.1, 0.15) is 12.2 Å². The summed E-state index contributed by atoms with van der Waals surface area (Å²) in [4.78, 5) is 11.7. The summed E-state index contributed by atoms with van der Waals surface area (Å²) in [5, 5.41) is 0.875. The molecule has 22 heavy (non-hydrogen) atoms. The minimum atomic E-state index is -0.823. The number of hydrogen-bond donors (Lipinski definition) is 0. The van der Waals surface area contributed by atoms with E-state index in [0.717, 1.165) is 16.5 Å². The first-order valence-corrected chi connectivity index (χ1v) is 6.82. The third kappa shape index (κ3) is 2.72. The molecule has 110 valence electrons. The number of ether oxygens (including phenoxy) is 2. The fraction of sp³-hybridized carbons (Fsp3) is 0.0556. The minimum Gasteiger partial charge on any atom is -0.430 e. The highest BCUT2D eigenvalue weighted by molar-refractivity contribution is 5.97. The summed E-state index contributed by atoms with van der Waals surface area (Å²) in [5.41, 5.74) is 2.28. The van der Waals surface area contributed by atoms with E-state index in [2.05, 4.69) is 6.58 Å². The standard InChI is InChI=1S/C18H14O4/c1-2-12-20-18(19)22-17-16(13-8-4-3-5-9-13)14-10-6-7-11-15(14)21-17/h2-11H,1,12H2. The lowest BCUT2D eigenvalue weighted by atomic mass is 10.0. The number of benzene rings is 2. The van der Waals surface area contributed by atoms with E-state index in [9.17, 15) is 4.79 Å². The van der Waals surface area contributed by atoms with Crippen molar-refractivity contribution in [2.75, 3.05) is 6.61 Å². The monoisotopic (exact) mass is 294 g/mol. The average molecular weight is 294 g/mol. The fourth-order valence-corrected chi connectivity index (χ4v) is 2.21. The van der Waals surface area contributed by atoms with Crippen molar-refractivity contribution in [3.63, 3.8) is 0 Å². The lowest BCUT2D eigenvalue weighted by Crippen LogP contribution is -2.10. The van der Waals surface area contributed by atoms with Crippen LogP contribution < -0.4 is 4.74 Å². The highest BCUT2D eigenvalue weighted by Gasteiger charge is 2.20. The van der Waals surface area contributed by atoms with E-state index in [0.29, 0.717) is 5.58 Å². The first kappa shape index (κ1) is 13.9. The molecule has 4 heteroatoms. The number of fused-ring (bicyclic) bond motifs is 1. The number of carbonyl (C=O) groups is 1. The van der Waals surface area contributed by atoms with Gasteiger partial charge in [-0.3, -0.25) is 0 Å². The Morgan fingerprint density at radius 1 is 1.09 bits per heavy atom. The van der Waals surface area contributed by atoms with Crippen LogP contribution >= 0.6 is 0 Å². The highest BCUT2D eigenvalue weighted by atomic mass is 16.8. The topological polar surface area (TPSA) is 48.7 Å². The predicted octanol–water partition coefficient (Wildman–Crippen LogP) is 4.80. The van der Waals surface area contributed by atoms with Gasteiger partial charge in [0.25, 0.3) is 0 Å². The van der Waals surface area contributed by atoms with Gasteiger partial charge in [0.2, 0.25) is 0 Å². The van der Waals surface area contributed by atoms with E-state index in [4.69, 9.17) is 13.9 Å². The second-order valence-electron chi connectivity index (χ2n) is 4.58. The molecular formula is C18H14O4. The zero-order valence-corrected chi connectivity index (χ0v) is 11.8. The smallest absolute Gasteiger partial charge is 0.430 e. The molecule has 0 atom stereocenters. The van der Waals surface area contributed by atoms with Gasteiger partial charge in [-0.05, 0) is 11.6 Å². The number of rotatable bonds is 4. The molecular weight excluding hydrogens is 280 g/mol. The van der Waals surface area contributed by atoms with Crippen LogP contribution in [0.3, 0.4) is 0 Å². The maximum atomic E-state index is 11.7. The summed E-state index contributed by atoms with van der Waals surface area (Å²) in [5.74, 6) is 0.126. The molecule has 0 radical (unpaired) electrons. The molecule has 0 unspecified atom stereocenters. The van der Waals surface area contributed by atoms with Gasteiger partial charge in [0.05, 0.1) is 5.56 Å². The number of furan rings is 1. The van der Waals surface area contributed by atoms with Crippen molar-refractivity contribution in [3.05, 3.63) is 67.3 Å². The fourth-order valence-electron chi connectivity index (χ4n) is 2.21. The van der Waals surface area contributed by atoms with E-state index in [1.165, 1.54) is 6.08 Å². The molecule has 1 aromatic heterocycles. The van der Waals surface area contributed by atoms with Gasteiger partial charge in [0.15, 0.2) is 0 Å². The lowest BCUT2D eigenvalue weighted by molar-refractivity contribution is 0.101. The van der Waals surface area contributed by atoms with Crippen LogP contribution in [-0.2, 0) is 4.74 Å². The van der Waals surface area contributed by atoms with Crippen molar-refractivity contribution < 1.29 is 18.7 Å². The van der Waals surface area contributed by atoms with Gasteiger partial charge >= 0.3 is 12.1 Å². The van der Waals surface area contributed by atoms with E-state index in [-0.39, 0.29) is 12.6 Å². The Hall–Kier alpha value is -3.01. The van der Waals surface area contributed by atoms with Crippen LogP contribution in [0.4, 0.5) is 4.79 Å². The van der Waals surface area contributed by atoms with Crippen LogP contribution in [0.15, 0.2) is 71.7 Å². The Morgan fingerprint density at radius 3 is 2.59 bits per heavy atom. The molecule has 0 aliphatic rings. The van der Waals surface area contributed by atoms with Crippen molar-refractivity contribution in [3.8, 4) is 17.1 Å². The summed E-state index contributed by atoms with van der Waals surface area (Å²) in [6, 6.07) is 17.1. The maximum Gasteiger partial charge on any atom is 0.516 e. The van der Waals surface area contributed by atoms with Crippen molar-refractivity contribution >= 4 is 17.1 Å². The molecule has 4 nitrogen and oxygen atoms in total. The van der Waals surface area contributed by atoms with Gasteiger partial charge in [-0.1, -0.05) is 61.2 Å². The SMILES string of the molecule is C=CCOC(=O)Oc1oc2ccccc2c1-c1ccccc1. The van der Waals surface area contributed by atoms with E-state index in [1.807, 2.05) is 54.6 Å². The molecule has 0 saturated heterocycles. The van der Waals surface area contributed by atoms with Crippen LogP contribution in [-0.4, -0.2) is 12.8 Å². The zero-order valence-electron chi connectivity index (χ0n) is 11.8. The largest absolute Gasteiger partial charge is 0.516 e. The Morgan fingerprint density at radius 2 is 1.82 bits per heavy atom. The van der Waals surface area contributed by atoms with Crippen molar-refractivity contribution in [2.24, 2.45) is 0 Å². The normalized spacial score (nSPS) is 10.4. The second-order valence-corrected chi connectivity index (χ2v) is 4.58. The van der Waals surface area contributed by atoms with Crippen molar-refractivity contribution in [1.82, 2.24) is 0 Å². The number of carbonyl (C=O) groups excluding carboxylic acids is 1. The molecule has 0 bridgehead atoms. The van der Waals surface area contributed by atoms with Gasteiger partial charge < -0.3 is 13.9 Å². The zero-order chi connectivity index (χ0) is 15.4. The van der Waals surface area contributed by atoms with Crippen LogP contribution in [0.5, 0.6) is 5.95 Å². The van der Waals surface area contributed by atoms with Crippen molar-refractivity contribution in [2.45, 2.75) is 0 Å². The van der Waals surface area contributed by atoms with Gasteiger partial charge in [-0.25, -0.2) is 4.79 Å². The second kappa shape index (κ2) is 6.18. The van der Waals surface area contributed by atoms with Gasteiger partial charge in [-0.15, -0.1) is 0 Å². The van der Waals surface area contributed by atoms with E-state index >= 15 is 0 Å². The molecule has 0 saturated carbocycles. The molecule has 0 fully saturated rings. The summed E-state index contributed by atoms with van der Waals surface area (Å²) in [6.45, 7) is 3.57. The van der Waals surface area contributed by atoms with Crippen LogP contribution in [0.25, 0.3) is 22.1 Å². The van der Waals surface area contributed by atoms with Crippen LogP contribution in [0, 0.1) is 0 Å². The van der Waals surface area contributed by atoms with Crippen LogP contribution in [0.2, 0.25) is 0 Å². The van der Waals surface area contributed by atoms with E-state index in [1.54, 1.807) is 0 Å². The van der Waals surface area contributed by atoms with Gasteiger partial charge in [-0.2, -0.15) is 0 Å². The summed E-state index contributed by atoms with van der Waals surface area (Å²) < 4.78 is 15.7. The van der Waals surface area contributed by atoms with Crippen LogP contribution in [0.1, 0.15) is 0 Å². The van der Waals surface area contributed by atoms with Crippen molar-refractivity contribution in [1.29, 1.82) is 0 Å². The highest BCUT2D eigenvalue weighted by Crippen LogP contribution is 2.40. The lowest BCUT2D eigenvalue weighted by Gasteiger charge is -2.04. The third-order valence-corrected chi connectivity index (χ3v) is 3.12. The summed E-state index contributed by atoms with van der Waals surface area (Å²) in [7, 11) is 0. The molecule has 3 aromatic rings. The molecule has 0 spiro atoms. The Balaban J connectivity index is 2.05. The average Bonchev–Trinajstić information content (AvgIpc) is 2.91. The van der Waals surface area contributed by atoms with Gasteiger partial charge in [0, 0.05) is 5.39 Å². The Kier molecular flexibility index (Phi) is 3.92. The first-order chi connectivity index (χ1) is 10.8. The third-order valence-electron chi connectivity index (χ3n) is 3.12. The quantitative estimate of drug-likeness (QED) is 0.512. The molecule has 3 rings (SSSR count). The Bertz CT molecular complexity index is 802. The molecule has 0 aliphatic heterocycles. The van der Waals surface area contributed by atoms with E-state index < -0.39 is 6.16 Å². The molecule has 1 heterocycles. The number of hydrogen-bond acceptors (Lipinski definition) is 4.